The molecule has 8 heteroatoms. The van der Waals surface area contributed by atoms with E-state index in [-0.39, 0.29) is 22.7 Å². The minimum Gasteiger partial charge on any atom is -0.309 e. The Balaban J connectivity index is 1.80. The topological polar surface area (TPSA) is 72.7 Å². The molecule has 4 aromatic rings. The third kappa shape index (κ3) is 3.78. The van der Waals surface area contributed by atoms with Gasteiger partial charge in [-0.2, -0.15) is 9.78 Å². The molecule has 1 amide bonds. The molecule has 0 saturated heterocycles. The number of rotatable bonds is 3. The van der Waals surface area contributed by atoms with Gasteiger partial charge in [0.1, 0.15) is 11.6 Å². The summed E-state index contributed by atoms with van der Waals surface area (Å²) in [6.07, 6.45) is 0. The van der Waals surface area contributed by atoms with Gasteiger partial charge < -0.3 is 5.32 Å². The molecule has 1 aliphatic heterocycles. The van der Waals surface area contributed by atoms with Crippen molar-refractivity contribution < 1.29 is 9.18 Å². The van der Waals surface area contributed by atoms with Crippen molar-refractivity contribution in [3.63, 3.8) is 0 Å². The van der Waals surface area contributed by atoms with Crippen LogP contribution in [0.2, 0.25) is 0 Å². The molecule has 0 bridgehead atoms. The summed E-state index contributed by atoms with van der Waals surface area (Å²) >= 11 is 1.49. The van der Waals surface area contributed by atoms with E-state index < -0.39 is 0 Å². The van der Waals surface area contributed by atoms with E-state index in [4.69, 9.17) is 5.10 Å². The molecule has 5 rings (SSSR count). The zero-order valence-corrected chi connectivity index (χ0v) is 18.4. The van der Waals surface area contributed by atoms with Crippen LogP contribution in [0.15, 0.2) is 60.7 Å². The fraction of sp³-hybridized carbons (Fsp3) is 0.167. The second kappa shape index (κ2) is 8.20. The summed E-state index contributed by atoms with van der Waals surface area (Å²) in [7, 11) is 0. The van der Waals surface area contributed by atoms with Crippen molar-refractivity contribution in [2.75, 3.05) is 11.1 Å². The Morgan fingerprint density at radius 2 is 1.72 bits per heavy atom. The lowest BCUT2D eigenvalue weighted by Crippen LogP contribution is -2.17. The lowest BCUT2D eigenvalue weighted by atomic mass is 10.00. The van der Waals surface area contributed by atoms with Crippen LogP contribution in [0.25, 0.3) is 17.2 Å². The van der Waals surface area contributed by atoms with E-state index in [1.165, 1.54) is 23.9 Å². The minimum absolute atomic E-state index is 0.133. The highest BCUT2D eigenvalue weighted by atomic mass is 32.2. The molecule has 1 N–H and O–H groups in total. The molecule has 0 saturated carbocycles. The maximum atomic E-state index is 13.6. The number of aromatic nitrogens is 4. The van der Waals surface area contributed by atoms with Crippen LogP contribution in [0, 0.1) is 19.7 Å². The molecule has 1 unspecified atom stereocenters. The van der Waals surface area contributed by atoms with Crippen molar-refractivity contribution in [2.24, 2.45) is 0 Å². The second-order valence-electron chi connectivity index (χ2n) is 7.63. The molecule has 160 valence electrons. The second-order valence-corrected chi connectivity index (χ2v) is 8.72. The molecular weight excluding hydrogens is 425 g/mol. The maximum Gasteiger partial charge on any atom is 0.252 e. The molecule has 2 aromatic heterocycles. The Kier molecular flexibility index (Phi) is 5.22. The van der Waals surface area contributed by atoms with Gasteiger partial charge in [-0.1, -0.05) is 42.5 Å². The van der Waals surface area contributed by atoms with Gasteiger partial charge in [0.2, 0.25) is 5.91 Å². The number of carbonyl (C=O) groups is 1. The van der Waals surface area contributed by atoms with Crippen LogP contribution in [-0.4, -0.2) is 31.4 Å². The SMILES string of the molecule is Cc1cc(C)nc(-n2nc(-c3ccccc3)c3c2NC(=O)CSC3c2ccc(F)cc2)n1. The number of thioether (sulfide) groups is 1. The number of aryl methyl sites for hydroxylation is 2. The molecule has 0 radical (unpaired) electrons. The van der Waals surface area contributed by atoms with Crippen molar-refractivity contribution in [3.05, 3.63) is 89.0 Å². The fourth-order valence-corrected chi connectivity index (χ4v) is 5.00. The van der Waals surface area contributed by atoms with Gasteiger partial charge in [0.05, 0.1) is 16.7 Å². The van der Waals surface area contributed by atoms with Gasteiger partial charge >= 0.3 is 0 Å². The predicted octanol–water partition coefficient (Wildman–Crippen LogP) is 4.86. The fourth-order valence-electron chi connectivity index (χ4n) is 3.87. The normalized spacial score (nSPS) is 15.7. The third-order valence-electron chi connectivity index (χ3n) is 5.20. The number of amides is 1. The first kappa shape index (κ1) is 20.4. The number of hydrogen-bond donors (Lipinski definition) is 1. The molecule has 0 aliphatic carbocycles. The van der Waals surface area contributed by atoms with Gasteiger partial charge in [0.15, 0.2) is 0 Å². The van der Waals surface area contributed by atoms with Crippen LogP contribution in [0.1, 0.15) is 27.8 Å². The average molecular weight is 446 g/mol. The van der Waals surface area contributed by atoms with Gasteiger partial charge in [-0.15, -0.1) is 11.8 Å². The number of carbonyl (C=O) groups excluding carboxylic acids is 1. The van der Waals surface area contributed by atoms with E-state index in [0.717, 1.165) is 33.8 Å². The Bertz CT molecular complexity index is 1280. The van der Waals surface area contributed by atoms with Gasteiger partial charge in [-0.3, -0.25) is 4.79 Å². The number of halogens is 1. The summed E-state index contributed by atoms with van der Waals surface area (Å²) in [6, 6.07) is 18.1. The highest BCUT2D eigenvalue weighted by Crippen LogP contribution is 2.46. The Labute approximate surface area is 188 Å². The first-order valence-electron chi connectivity index (χ1n) is 10.2. The molecule has 1 aliphatic rings. The Morgan fingerprint density at radius 3 is 2.41 bits per heavy atom. The first-order valence-corrected chi connectivity index (χ1v) is 11.2. The maximum absolute atomic E-state index is 13.6. The minimum atomic E-state index is -0.301. The number of benzene rings is 2. The summed E-state index contributed by atoms with van der Waals surface area (Å²) in [6.45, 7) is 3.79. The Hall–Kier alpha value is -3.52. The molecule has 3 heterocycles. The summed E-state index contributed by atoms with van der Waals surface area (Å²) in [5.41, 5.74) is 5.00. The van der Waals surface area contributed by atoms with E-state index in [1.54, 1.807) is 16.8 Å². The number of hydrogen-bond acceptors (Lipinski definition) is 5. The first-order chi connectivity index (χ1) is 15.5. The number of fused-ring (bicyclic) bond motifs is 1. The van der Waals surface area contributed by atoms with Crippen molar-refractivity contribution in [1.82, 2.24) is 19.7 Å². The number of anilines is 1. The van der Waals surface area contributed by atoms with E-state index in [2.05, 4.69) is 15.3 Å². The van der Waals surface area contributed by atoms with Crippen molar-refractivity contribution in [2.45, 2.75) is 19.1 Å². The summed E-state index contributed by atoms with van der Waals surface area (Å²) in [5.74, 6) is 0.762. The van der Waals surface area contributed by atoms with Crippen molar-refractivity contribution >= 4 is 23.5 Å². The third-order valence-corrected chi connectivity index (χ3v) is 6.47. The smallest absolute Gasteiger partial charge is 0.252 e. The molecule has 2 aromatic carbocycles. The standard InChI is InChI=1S/C24H20FN5OS/c1-14-12-15(2)27-24(26-14)30-23-20(21(29-30)16-6-4-3-5-7-16)22(32-13-19(31)28-23)17-8-10-18(25)11-9-17/h3-12,22H,13H2,1-2H3,(H,28,31). The highest BCUT2D eigenvalue weighted by Gasteiger charge is 2.33. The van der Waals surface area contributed by atoms with E-state index >= 15 is 0 Å². The van der Waals surface area contributed by atoms with Gasteiger partial charge in [0, 0.05) is 22.5 Å². The van der Waals surface area contributed by atoms with Gasteiger partial charge in [-0.25, -0.2) is 14.4 Å². The zero-order chi connectivity index (χ0) is 22.2. The van der Waals surface area contributed by atoms with Crippen LogP contribution in [0.5, 0.6) is 0 Å². The molecule has 1 atom stereocenters. The van der Waals surface area contributed by atoms with Gasteiger partial charge in [0.25, 0.3) is 5.95 Å². The van der Waals surface area contributed by atoms with Crippen LogP contribution in [0.4, 0.5) is 10.2 Å². The highest BCUT2D eigenvalue weighted by molar-refractivity contribution is 8.00. The van der Waals surface area contributed by atoms with Gasteiger partial charge in [-0.05, 0) is 37.6 Å². The monoisotopic (exact) mass is 445 g/mol. The quantitative estimate of drug-likeness (QED) is 0.488. The number of nitrogens with one attached hydrogen (secondary N) is 1. The zero-order valence-electron chi connectivity index (χ0n) is 17.5. The largest absolute Gasteiger partial charge is 0.309 e. The summed E-state index contributed by atoms with van der Waals surface area (Å²) < 4.78 is 15.2. The van der Waals surface area contributed by atoms with E-state index in [9.17, 15) is 9.18 Å². The average Bonchev–Trinajstić information content (AvgIpc) is 3.05. The Morgan fingerprint density at radius 1 is 1.03 bits per heavy atom. The van der Waals surface area contributed by atoms with Crippen molar-refractivity contribution in [3.8, 4) is 17.2 Å². The van der Waals surface area contributed by atoms with Crippen LogP contribution in [-0.2, 0) is 4.79 Å². The molecule has 0 spiro atoms. The molecule has 32 heavy (non-hydrogen) atoms. The van der Waals surface area contributed by atoms with Crippen molar-refractivity contribution in [1.29, 1.82) is 0 Å². The molecule has 6 nitrogen and oxygen atoms in total. The summed E-state index contributed by atoms with van der Waals surface area (Å²) in [5, 5.41) is 7.67. The summed E-state index contributed by atoms with van der Waals surface area (Å²) in [4.78, 5) is 21.8. The van der Waals surface area contributed by atoms with Crippen LogP contribution >= 0.6 is 11.8 Å². The van der Waals surface area contributed by atoms with E-state index in [0.29, 0.717) is 11.8 Å². The molecule has 0 fully saturated rings. The lowest BCUT2D eigenvalue weighted by Gasteiger charge is -2.16. The molecular formula is C24H20FN5OS. The predicted molar refractivity (Wildman–Crippen MR) is 123 cm³/mol. The van der Waals surface area contributed by atoms with E-state index in [1.807, 2.05) is 50.2 Å². The van der Waals surface area contributed by atoms with Crippen LogP contribution < -0.4 is 5.32 Å². The van der Waals surface area contributed by atoms with Crippen LogP contribution in [0.3, 0.4) is 0 Å². The number of nitrogens with zero attached hydrogens (tertiary/aromatic N) is 4. The lowest BCUT2D eigenvalue weighted by molar-refractivity contribution is -0.113.